The number of halogens is 1. The summed E-state index contributed by atoms with van der Waals surface area (Å²) in [4.78, 5) is 18.0. The number of fused-ring (bicyclic) bond motifs is 1. The van der Waals surface area contributed by atoms with Gasteiger partial charge in [-0.25, -0.2) is 22.6 Å². The number of carboxylic acids is 1. The molecule has 2 atom stereocenters. The largest absolute Gasteiger partial charge is 0.483 e. The summed E-state index contributed by atoms with van der Waals surface area (Å²) in [6, 6.07) is 13.8. The van der Waals surface area contributed by atoms with E-state index in [2.05, 4.69) is 4.98 Å². The van der Waals surface area contributed by atoms with Crippen LogP contribution in [0.4, 0.5) is 15.8 Å². The van der Waals surface area contributed by atoms with E-state index in [4.69, 9.17) is 4.74 Å². The van der Waals surface area contributed by atoms with Gasteiger partial charge in [0.2, 0.25) is 10.0 Å². The third-order valence-electron chi connectivity index (χ3n) is 8.36. The minimum absolute atomic E-state index is 0.0621. The van der Waals surface area contributed by atoms with Crippen LogP contribution in [0.1, 0.15) is 59.8 Å². The number of para-hydroxylation sites is 1. The average Bonchev–Trinajstić information content (AvgIpc) is 3.67. The number of sulfonamides is 1. The lowest BCUT2D eigenvalue weighted by Gasteiger charge is -2.36. The van der Waals surface area contributed by atoms with Crippen LogP contribution in [0, 0.1) is 11.7 Å². The van der Waals surface area contributed by atoms with E-state index in [1.807, 2.05) is 47.5 Å². The van der Waals surface area contributed by atoms with Gasteiger partial charge in [-0.2, -0.15) is 4.31 Å². The fourth-order valence-electron chi connectivity index (χ4n) is 6.13. The van der Waals surface area contributed by atoms with Crippen molar-refractivity contribution in [3.8, 4) is 16.2 Å². The smallest absolute Gasteiger partial charge is 0.348 e. The zero-order valence-corrected chi connectivity index (χ0v) is 26.2. The molecule has 0 saturated heterocycles. The first-order valence-electron chi connectivity index (χ1n) is 14.2. The standard InChI is InChI=1S/C31H32FN3O5S3/c1-19(30-33-13-14-41-30)40-26-17-24-28(15-22(26)27-16-23(32)29(42-27)31(36)37)43(38,39)34(2)25(20-9-5-3-6-10-20)18-35(24)21-11-7-4-8-12-21/h4,7-8,11-17,19-20,25H,3,5-6,9-10,18H2,1-2H3,(H,36,37)/t19?,25-/m0/s1. The summed E-state index contributed by atoms with van der Waals surface area (Å²) in [5.41, 5.74) is 1.61. The van der Waals surface area contributed by atoms with E-state index in [1.54, 1.807) is 19.3 Å². The maximum Gasteiger partial charge on any atom is 0.348 e. The number of hydrogen-bond acceptors (Lipinski definition) is 8. The van der Waals surface area contributed by atoms with Crippen molar-refractivity contribution < 1.29 is 27.4 Å². The second kappa shape index (κ2) is 12.0. The molecule has 2 aromatic heterocycles. The summed E-state index contributed by atoms with van der Waals surface area (Å²) in [7, 11) is -2.37. The van der Waals surface area contributed by atoms with Crippen LogP contribution >= 0.6 is 22.7 Å². The number of thiazole rings is 1. The van der Waals surface area contributed by atoms with Gasteiger partial charge in [0.15, 0.2) is 0 Å². The summed E-state index contributed by atoms with van der Waals surface area (Å²) in [5.74, 6) is -1.75. The Morgan fingerprint density at radius 1 is 1.14 bits per heavy atom. The molecule has 3 heterocycles. The van der Waals surface area contributed by atoms with Crippen LogP contribution in [0.3, 0.4) is 0 Å². The normalized spacial score (nSPS) is 19.9. The van der Waals surface area contributed by atoms with Gasteiger partial charge in [0.25, 0.3) is 0 Å². The van der Waals surface area contributed by atoms with Gasteiger partial charge in [0.05, 0.1) is 5.69 Å². The van der Waals surface area contributed by atoms with Gasteiger partial charge in [-0.3, -0.25) is 0 Å². The van der Waals surface area contributed by atoms with Gasteiger partial charge < -0.3 is 14.7 Å². The van der Waals surface area contributed by atoms with E-state index in [0.717, 1.165) is 55.2 Å². The third-order valence-corrected chi connectivity index (χ3v) is 12.3. The fourth-order valence-corrected chi connectivity index (χ4v) is 9.26. The van der Waals surface area contributed by atoms with Gasteiger partial charge in [-0.1, -0.05) is 37.5 Å². The lowest BCUT2D eigenvalue weighted by molar-refractivity contribution is 0.0697. The molecule has 4 aromatic rings. The number of benzene rings is 2. The van der Waals surface area contributed by atoms with Crippen molar-refractivity contribution in [1.29, 1.82) is 0 Å². The van der Waals surface area contributed by atoms with Crippen molar-refractivity contribution in [3.63, 3.8) is 0 Å². The predicted molar refractivity (Wildman–Crippen MR) is 167 cm³/mol. The number of rotatable bonds is 7. The molecule has 2 aromatic carbocycles. The SMILES string of the molecule is CC(Oc1cc2c(cc1-c1cc(F)c(C(=O)O)s1)S(=O)(=O)N(C)[C@H](C1CCCCC1)CN2c1ccccc1)c1nccs1. The highest BCUT2D eigenvalue weighted by Crippen LogP contribution is 2.47. The Balaban J connectivity index is 1.57. The van der Waals surface area contributed by atoms with Crippen LogP contribution in [0.5, 0.6) is 5.75 Å². The van der Waals surface area contributed by atoms with Gasteiger partial charge in [0, 0.05) is 53.4 Å². The van der Waals surface area contributed by atoms with Crippen molar-refractivity contribution in [2.45, 2.75) is 56.1 Å². The molecule has 0 spiro atoms. The number of carbonyl (C=O) groups is 1. The monoisotopic (exact) mass is 641 g/mol. The molecular weight excluding hydrogens is 610 g/mol. The first-order chi connectivity index (χ1) is 20.6. The number of carboxylic acid groups (broad SMARTS) is 1. The number of hydrogen-bond donors (Lipinski definition) is 1. The molecule has 1 aliphatic heterocycles. The van der Waals surface area contributed by atoms with Gasteiger partial charge in [0.1, 0.15) is 32.5 Å². The number of ether oxygens (including phenoxy) is 1. The number of nitrogens with zero attached hydrogens (tertiary/aromatic N) is 3. The lowest BCUT2D eigenvalue weighted by atomic mass is 9.83. The van der Waals surface area contributed by atoms with Crippen LogP contribution < -0.4 is 9.64 Å². The first kappa shape index (κ1) is 29.7. The molecule has 12 heteroatoms. The predicted octanol–water partition coefficient (Wildman–Crippen LogP) is 7.57. The fraction of sp³-hybridized carbons (Fsp3) is 0.355. The summed E-state index contributed by atoms with van der Waals surface area (Å²) < 4.78 is 51.6. The maximum absolute atomic E-state index is 14.8. The molecule has 1 saturated carbocycles. The number of aromatic nitrogens is 1. The average molecular weight is 642 g/mol. The highest BCUT2D eigenvalue weighted by Gasteiger charge is 2.41. The molecule has 2 aliphatic rings. The quantitative estimate of drug-likeness (QED) is 0.222. The minimum Gasteiger partial charge on any atom is -0.483 e. The second-order valence-corrected chi connectivity index (χ2v) is 14.9. The second-order valence-electron chi connectivity index (χ2n) is 11.0. The topological polar surface area (TPSA) is 100 Å². The zero-order chi connectivity index (χ0) is 30.3. The van der Waals surface area contributed by atoms with Crippen LogP contribution in [-0.2, 0) is 10.0 Å². The van der Waals surface area contributed by atoms with Crippen LogP contribution in [0.15, 0.2) is 65.0 Å². The summed E-state index contributed by atoms with van der Waals surface area (Å²) in [5, 5.41) is 12.1. The van der Waals surface area contributed by atoms with E-state index >= 15 is 0 Å². The van der Waals surface area contributed by atoms with E-state index in [0.29, 0.717) is 28.6 Å². The molecule has 0 radical (unpaired) electrons. The molecule has 1 fully saturated rings. The van der Waals surface area contributed by atoms with Crippen LogP contribution in [-0.4, -0.2) is 48.4 Å². The molecule has 0 amide bonds. The Bertz CT molecular complexity index is 1720. The first-order valence-corrected chi connectivity index (χ1v) is 17.4. The van der Waals surface area contributed by atoms with Crippen molar-refractivity contribution in [2.75, 3.05) is 18.5 Å². The minimum atomic E-state index is -4.01. The van der Waals surface area contributed by atoms with E-state index < -0.39 is 32.8 Å². The number of thiophene rings is 1. The van der Waals surface area contributed by atoms with Gasteiger partial charge in [-0.15, -0.1) is 22.7 Å². The summed E-state index contributed by atoms with van der Waals surface area (Å²) in [6.07, 6.45) is 6.39. The van der Waals surface area contributed by atoms with Gasteiger partial charge in [-0.05, 0) is 49.9 Å². The van der Waals surface area contributed by atoms with E-state index in [9.17, 15) is 22.7 Å². The molecular formula is C31H32FN3O5S3. The van der Waals surface area contributed by atoms with E-state index in [1.165, 1.54) is 21.7 Å². The Hall–Kier alpha value is -3.32. The molecule has 0 bridgehead atoms. The molecule has 1 aliphatic carbocycles. The Morgan fingerprint density at radius 3 is 2.53 bits per heavy atom. The lowest BCUT2D eigenvalue weighted by Crippen LogP contribution is -2.46. The highest BCUT2D eigenvalue weighted by atomic mass is 32.2. The molecule has 8 nitrogen and oxygen atoms in total. The maximum atomic E-state index is 14.8. The van der Waals surface area contributed by atoms with Crippen molar-refractivity contribution in [2.24, 2.45) is 5.92 Å². The number of aromatic carboxylic acids is 1. The molecule has 226 valence electrons. The van der Waals surface area contributed by atoms with Crippen LogP contribution in [0.2, 0.25) is 0 Å². The van der Waals surface area contributed by atoms with Gasteiger partial charge >= 0.3 is 5.97 Å². The Morgan fingerprint density at radius 2 is 1.88 bits per heavy atom. The molecule has 43 heavy (non-hydrogen) atoms. The Labute approximate surface area is 258 Å². The van der Waals surface area contributed by atoms with Crippen molar-refractivity contribution in [1.82, 2.24) is 9.29 Å². The molecule has 1 N–H and O–H groups in total. The zero-order valence-electron chi connectivity index (χ0n) is 23.8. The molecule has 6 rings (SSSR count). The van der Waals surface area contributed by atoms with Crippen molar-refractivity contribution >= 4 is 50.0 Å². The van der Waals surface area contributed by atoms with Crippen LogP contribution in [0.25, 0.3) is 10.4 Å². The molecule has 1 unspecified atom stereocenters. The van der Waals surface area contributed by atoms with Crippen molar-refractivity contribution in [3.05, 3.63) is 75.8 Å². The number of anilines is 2. The van der Waals surface area contributed by atoms with E-state index in [-0.39, 0.29) is 21.7 Å². The third kappa shape index (κ3) is 5.68. The summed E-state index contributed by atoms with van der Waals surface area (Å²) in [6.45, 7) is 2.29. The summed E-state index contributed by atoms with van der Waals surface area (Å²) >= 11 is 2.17. The highest BCUT2D eigenvalue weighted by molar-refractivity contribution is 7.89. The number of likely N-dealkylation sites (N-methyl/N-ethyl adjacent to an activating group) is 1. The Kier molecular flexibility index (Phi) is 8.29.